The first kappa shape index (κ1) is 16.9. The number of amides is 1. The molecule has 7 nitrogen and oxygen atoms in total. The van der Waals surface area contributed by atoms with E-state index in [9.17, 15) is 4.79 Å². The lowest BCUT2D eigenvalue weighted by atomic mass is 10.0. The quantitative estimate of drug-likeness (QED) is 0.642. The molecule has 0 atom stereocenters. The van der Waals surface area contributed by atoms with Gasteiger partial charge >= 0.3 is 0 Å². The Hall–Kier alpha value is -2.96. The summed E-state index contributed by atoms with van der Waals surface area (Å²) in [5.74, 6) is 1.01. The molecule has 1 aromatic carbocycles. The Kier molecular flexibility index (Phi) is 3.74. The summed E-state index contributed by atoms with van der Waals surface area (Å²) in [7, 11) is 3.98. The molecule has 1 aliphatic heterocycles. The lowest BCUT2D eigenvalue weighted by molar-refractivity contribution is 0.0925. The van der Waals surface area contributed by atoms with Crippen LogP contribution in [0.1, 0.15) is 35.5 Å². The second-order valence-electron chi connectivity index (χ2n) is 6.90. The van der Waals surface area contributed by atoms with Gasteiger partial charge in [0.25, 0.3) is 5.91 Å². The SMILES string of the molecule is Cc1cc2n(c1N(C)C)-c1cc(C(=O)N=C(N)N)ccc1OC2(C)C. The first-order valence-corrected chi connectivity index (χ1v) is 7.99. The van der Waals surface area contributed by atoms with E-state index < -0.39 is 11.5 Å². The van der Waals surface area contributed by atoms with Gasteiger partial charge in [0.1, 0.15) is 17.2 Å². The van der Waals surface area contributed by atoms with Gasteiger partial charge in [0, 0.05) is 19.7 Å². The minimum atomic E-state index is -0.489. The molecule has 0 radical (unpaired) electrons. The summed E-state index contributed by atoms with van der Waals surface area (Å²) in [6, 6.07) is 7.32. The predicted octanol–water partition coefficient (Wildman–Crippen LogP) is 1.89. The Morgan fingerprint density at radius 1 is 1.24 bits per heavy atom. The summed E-state index contributed by atoms with van der Waals surface area (Å²) in [6.45, 7) is 6.11. The van der Waals surface area contributed by atoms with Crippen LogP contribution in [0.2, 0.25) is 0 Å². The number of carbonyl (C=O) groups excluding carboxylic acids is 1. The van der Waals surface area contributed by atoms with Crippen LogP contribution in [-0.4, -0.2) is 30.5 Å². The third-order valence-corrected chi connectivity index (χ3v) is 4.24. The van der Waals surface area contributed by atoms with E-state index in [1.54, 1.807) is 18.2 Å². The minimum Gasteiger partial charge on any atom is -0.479 e. The molecule has 0 unspecified atom stereocenters. The van der Waals surface area contributed by atoms with Crippen LogP contribution in [0.25, 0.3) is 5.69 Å². The molecule has 0 saturated heterocycles. The van der Waals surface area contributed by atoms with Crippen molar-refractivity contribution in [2.24, 2.45) is 16.5 Å². The summed E-state index contributed by atoms with van der Waals surface area (Å²) in [4.78, 5) is 17.9. The second kappa shape index (κ2) is 5.54. The number of hydrogen-bond acceptors (Lipinski definition) is 3. The molecule has 0 fully saturated rings. The summed E-state index contributed by atoms with van der Waals surface area (Å²) in [5, 5.41) is 0. The van der Waals surface area contributed by atoms with Crippen molar-refractivity contribution >= 4 is 17.7 Å². The summed E-state index contributed by atoms with van der Waals surface area (Å²) >= 11 is 0. The molecular weight excluding hydrogens is 318 g/mol. The van der Waals surface area contributed by atoms with Gasteiger partial charge in [-0.25, -0.2) is 0 Å². The fourth-order valence-electron chi connectivity index (χ4n) is 3.28. The van der Waals surface area contributed by atoms with Crippen molar-refractivity contribution in [2.45, 2.75) is 26.4 Å². The number of rotatable bonds is 2. The number of guanidine groups is 1. The molecule has 132 valence electrons. The monoisotopic (exact) mass is 341 g/mol. The molecule has 2 heterocycles. The van der Waals surface area contributed by atoms with E-state index >= 15 is 0 Å². The van der Waals surface area contributed by atoms with Crippen molar-refractivity contribution in [3.8, 4) is 11.4 Å². The number of aryl methyl sites for hydroxylation is 1. The van der Waals surface area contributed by atoms with Gasteiger partial charge in [-0.3, -0.25) is 9.36 Å². The van der Waals surface area contributed by atoms with Crippen molar-refractivity contribution in [1.82, 2.24) is 4.57 Å². The van der Waals surface area contributed by atoms with Crippen molar-refractivity contribution < 1.29 is 9.53 Å². The van der Waals surface area contributed by atoms with E-state index in [-0.39, 0.29) is 5.96 Å². The average molecular weight is 341 g/mol. The van der Waals surface area contributed by atoms with Crippen LogP contribution in [0.3, 0.4) is 0 Å². The van der Waals surface area contributed by atoms with Crippen LogP contribution in [0.4, 0.5) is 5.82 Å². The summed E-state index contributed by atoms with van der Waals surface area (Å²) in [6.07, 6.45) is 0. The normalized spacial score (nSPS) is 14.1. The van der Waals surface area contributed by atoms with Gasteiger partial charge in [-0.1, -0.05) is 0 Å². The molecule has 7 heteroatoms. The van der Waals surface area contributed by atoms with Gasteiger partial charge in [0.15, 0.2) is 5.96 Å². The van der Waals surface area contributed by atoms with E-state index in [2.05, 4.69) is 27.4 Å². The number of fused-ring (bicyclic) bond motifs is 3. The molecule has 0 spiro atoms. The maximum absolute atomic E-state index is 12.2. The number of aliphatic imine (C=N–C) groups is 1. The molecule has 0 aliphatic carbocycles. The van der Waals surface area contributed by atoms with Crippen molar-refractivity contribution in [1.29, 1.82) is 0 Å². The van der Waals surface area contributed by atoms with Gasteiger partial charge < -0.3 is 21.1 Å². The molecule has 1 aromatic heterocycles. The van der Waals surface area contributed by atoms with Crippen LogP contribution < -0.4 is 21.1 Å². The van der Waals surface area contributed by atoms with Crippen LogP contribution in [0, 0.1) is 6.92 Å². The Morgan fingerprint density at radius 2 is 1.92 bits per heavy atom. The third kappa shape index (κ3) is 2.71. The van der Waals surface area contributed by atoms with Crippen molar-refractivity contribution in [3.05, 3.63) is 41.1 Å². The molecule has 2 aromatic rings. The molecular formula is C18H23N5O2. The van der Waals surface area contributed by atoms with Gasteiger partial charge in [-0.15, -0.1) is 0 Å². The van der Waals surface area contributed by atoms with Gasteiger partial charge in [-0.2, -0.15) is 4.99 Å². The number of hydrogen-bond donors (Lipinski definition) is 2. The van der Waals surface area contributed by atoms with Crippen LogP contribution in [-0.2, 0) is 5.60 Å². The van der Waals surface area contributed by atoms with Crippen molar-refractivity contribution in [2.75, 3.05) is 19.0 Å². The fourth-order valence-corrected chi connectivity index (χ4v) is 3.28. The number of carbonyl (C=O) groups is 1. The zero-order chi connectivity index (χ0) is 18.5. The van der Waals surface area contributed by atoms with Crippen LogP contribution in [0.5, 0.6) is 5.75 Å². The predicted molar refractivity (Wildman–Crippen MR) is 98.6 cm³/mol. The number of aromatic nitrogens is 1. The first-order chi connectivity index (χ1) is 11.6. The summed E-state index contributed by atoms with van der Waals surface area (Å²) < 4.78 is 8.30. The Morgan fingerprint density at radius 3 is 2.52 bits per heavy atom. The van der Waals surface area contributed by atoms with Gasteiger partial charge in [0.2, 0.25) is 0 Å². The molecule has 0 bridgehead atoms. The number of nitrogens with zero attached hydrogens (tertiary/aromatic N) is 3. The Labute approximate surface area is 146 Å². The highest BCUT2D eigenvalue weighted by Gasteiger charge is 2.36. The van der Waals surface area contributed by atoms with E-state index in [0.717, 1.165) is 22.8 Å². The first-order valence-electron chi connectivity index (χ1n) is 7.99. The molecule has 4 N–H and O–H groups in total. The van der Waals surface area contributed by atoms with E-state index in [1.165, 1.54) is 0 Å². The van der Waals surface area contributed by atoms with Crippen LogP contribution in [0.15, 0.2) is 29.3 Å². The second-order valence-corrected chi connectivity index (χ2v) is 6.90. The molecule has 1 aliphatic rings. The number of ether oxygens (including phenoxy) is 1. The maximum Gasteiger partial charge on any atom is 0.280 e. The summed E-state index contributed by atoms with van der Waals surface area (Å²) in [5.41, 5.74) is 13.5. The molecule has 25 heavy (non-hydrogen) atoms. The number of benzene rings is 1. The maximum atomic E-state index is 12.2. The smallest absolute Gasteiger partial charge is 0.280 e. The topological polar surface area (TPSA) is 98.9 Å². The van der Waals surface area contributed by atoms with E-state index in [1.807, 2.05) is 27.9 Å². The molecule has 1 amide bonds. The average Bonchev–Trinajstić information content (AvgIpc) is 2.84. The standard InChI is InChI=1S/C18H23N5O2/c1-10-8-14-18(2,3)25-13-7-6-11(15(24)21-17(19)20)9-12(13)23(14)16(10)22(4)5/h6-9H,1-5H3,(H4,19,20,21,24). The Bertz CT molecular complexity index is 889. The van der Waals surface area contributed by atoms with E-state index in [4.69, 9.17) is 16.2 Å². The lowest BCUT2D eigenvalue weighted by Gasteiger charge is -2.35. The van der Waals surface area contributed by atoms with Crippen molar-refractivity contribution in [3.63, 3.8) is 0 Å². The van der Waals surface area contributed by atoms with E-state index in [0.29, 0.717) is 11.3 Å². The highest BCUT2D eigenvalue weighted by molar-refractivity contribution is 6.02. The Balaban J connectivity index is 2.26. The zero-order valence-electron chi connectivity index (χ0n) is 15.1. The highest BCUT2D eigenvalue weighted by atomic mass is 16.5. The molecule has 3 rings (SSSR count). The number of anilines is 1. The zero-order valence-corrected chi connectivity index (χ0v) is 15.1. The van der Waals surface area contributed by atoms with Gasteiger partial charge in [-0.05, 0) is 50.6 Å². The van der Waals surface area contributed by atoms with Crippen LogP contribution >= 0.6 is 0 Å². The third-order valence-electron chi connectivity index (χ3n) is 4.24. The largest absolute Gasteiger partial charge is 0.479 e. The highest BCUT2D eigenvalue weighted by Crippen LogP contribution is 2.44. The fraction of sp³-hybridized carbons (Fsp3) is 0.333. The van der Waals surface area contributed by atoms with Gasteiger partial charge in [0.05, 0.1) is 11.4 Å². The number of nitrogens with two attached hydrogens (primary N) is 2. The minimum absolute atomic E-state index is 0.258. The lowest BCUT2D eigenvalue weighted by Crippen LogP contribution is -2.33. The molecule has 0 saturated carbocycles.